The molecule has 0 unspecified atom stereocenters. The van der Waals surface area contributed by atoms with Crippen molar-refractivity contribution in [3.8, 4) is 0 Å². The molecule has 0 amide bonds. The summed E-state index contributed by atoms with van der Waals surface area (Å²) in [5.74, 6) is 0.277. The molecule has 0 aliphatic rings. The minimum atomic E-state index is -0.263. The van der Waals surface area contributed by atoms with Crippen molar-refractivity contribution in [1.29, 1.82) is 0 Å². The van der Waals surface area contributed by atoms with Gasteiger partial charge >= 0.3 is 5.97 Å². The van der Waals surface area contributed by atoms with E-state index in [4.69, 9.17) is 4.74 Å². The lowest BCUT2D eigenvalue weighted by atomic mass is 10.0. The molecule has 0 heterocycles. The molecule has 2 heteroatoms. The summed E-state index contributed by atoms with van der Waals surface area (Å²) < 4.78 is 4.93. The lowest BCUT2D eigenvalue weighted by Gasteiger charge is -2.07. The standard InChI is InChI=1S/C12H20O2/c1-6-14-12(13)11(10(4)5)8-7-9(2)3/h8-9H,4,6-7H2,1-3,5H3. The van der Waals surface area contributed by atoms with E-state index in [1.54, 1.807) is 6.92 Å². The lowest BCUT2D eigenvalue weighted by Crippen LogP contribution is -2.08. The molecule has 0 N–H and O–H groups in total. The summed E-state index contributed by atoms with van der Waals surface area (Å²) in [6.07, 6.45) is 2.78. The van der Waals surface area contributed by atoms with E-state index >= 15 is 0 Å². The first-order chi connectivity index (χ1) is 6.49. The SMILES string of the molecule is C=C(C)C(=CCC(C)C)C(=O)OCC. The third-order valence-electron chi connectivity index (χ3n) is 1.75. The molecular formula is C12H20O2. The number of ether oxygens (including phenoxy) is 1. The van der Waals surface area contributed by atoms with Crippen molar-refractivity contribution in [2.45, 2.75) is 34.1 Å². The monoisotopic (exact) mass is 196 g/mol. The van der Waals surface area contributed by atoms with Gasteiger partial charge in [0.05, 0.1) is 12.2 Å². The second kappa shape index (κ2) is 6.41. The molecule has 0 saturated carbocycles. The smallest absolute Gasteiger partial charge is 0.338 e. The Hall–Kier alpha value is -1.05. The van der Waals surface area contributed by atoms with Crippen molar-refractivity contribution in [2.75, 3.05) is 6.61 Å². The molecular weight excluding hydrogens is 176 g/mol. The van der Waals surface area contributed by atoms with Crippen LogP contribution >= 0.6 is 0 Å². The molecule has 0 bridgehead atoms. The zero-order valence-corrected chi connectivity index (χ0v) is 9.59. The minimum Gasteiger partial charge on any atom is -0.462 e. The van der Waals surface area contributed by atoms with Crippen molar-refractivity contribution in [1.82, 2.24) is 0 Å². The van der Waals surface area contributed by atoms with Gasteiger partial charge in [0.1, 0.15) is 0 Å². The second-order valence-electron chi connectivity index (χ2n) is 3.75. The van der Waals surface area contributed by atoms with Gasteiger partial charge in [-0.05, 0) is 31.8 Å². The number of hydrogen-bond acceptors (Lipinski definition) is 2. The fraction of sp³-hybridized carbons (Fsp3) is 0.583. The van der Waals surface area contributed by atoms with Crippen LogP contribution in [-0.2, 0) is 9.53 Å². The first-order valence-corrected chi connectivity index (χ1v) is 5.02. The number of rotatable bonds is 5. The molecule has 0 aromatic carbocycles. The average molecular weight is 196 g/mol. The maximum Gasteiger partial charge on any atom is 0.338 e. The van der Waals surface area contributed by atoms with Gasteiger partial charge < -0.3 is 4.74 Å². The van der Waals surface area contributed by atoms with Crippen LogP contribution in [0.3, 0.4) is 0 Å². The zero-order chi connectivity index (χ0) is 11.1. The molecule has 0 aromatic rings. The van der Waals surface area contributed by atoms with Gasteiger partial charge in [0.25, 0.3) is 0 Å². The molecule has 2 nitrogen and oxygen atoms in total. The van der Waals surface area contributed by atoms with Crippen molar-refractivity contribution in [3.63, 3.8) is 0 Å². The van der Waals surface area contributed by atoms with Gasteiger partial charge in [0.15, 0.2) is 0 Å². The quantitative estimate of drug-likeness (QED) is 0.383. The molecule has 0 rings (SSSR count). The van der Waals surface area contributed by atoms with Gasteiger partial charge in [-0.25, -0.2) is 4.79 Å². The topological polar surface area (TPSA) is 26.3 Å². The Morgan fingerprint density at radius 3 is 2.43 bits per heavy atom. The molecule has 0 saturated heterocycles. The van der Waals surface area contributed by atoms with Crippen molar-refractivity contribution < 1.29 is 9.53 Å². The number of esters is 1. The van der Waals surface area contributed by atoms with Crippen LogP contribution in [0.2, 0.25) is 0 Å². The minimum absolute atomic E-state index is 0.263. The summed E-state index contributed by atoms with van der Waals surface area (Å²) in [5, 5.41) is 0. The van der Waals surface area contributed by atoms with Crippen LogP contribution in [0.15, 0.2) is 23.8 Å². The molecule has 14 heavy (non-hydrogen) atoms. The van der Waals surface area contributed by atoms with Crippen LogP contribution < -0.4 is 0 Å². The maximum atomic E-state index is 11.4. The fourth-order valence-corrected chi connectivity index (χ4v) is 0.994. The van der Waals surface area contributed by atoms with E-state index in [-0.39, 0.29) is 5.97 Å². The van der Waals surface area contributed by atoms with Crippen LogP contribution in [0.25, 0.3) is 0 Å². The van der Waals surface area contributed by atoms with E-state index in [1.807, 2.05) is 13.0 Å². The Morgan fingerprint density at radius 2 is 2.07 bits per heavy atom. The first kappa shape index (κ1) is 12.9. The van der Waals surface area contributed by atoms with Gasteiger partial charge in [0.2, 0.25) is 0 Å². The average Bonchev–Trinajstić information content (AvgIpc) is 2.03. The highest BCUT2D eigenvalue weighted by atomic mass is 16.5. The number of hydrogen-bond donors (Lipinski definition) is 0. The van der Waals surface area contributed by atoms with Gasteiger partial charge in [0, 0.05) is 0 Å². The summed E-state index contributed by atoms with van der Waals surface area (Å²) in [4.78, 5) is 11.4. The lowest BCUT2D eigenvalue weighted by molar-refractivity contribution is -0.138. The van der Waals surface area contributed by atoms with E-state index in [2.05, 4.69) is 20.4 Å². The van der Waals surface area contributed by atoms with E-state index in [9.17, 15) is 4.79 Å². The summed E-state index contributed by atoms with van der Waals surface area (Å²) >= 11 is 0. The summed E-state index contributed by atoms with van der Waals surface area (Å²) in [7, 11) is 0. The zero-order valence-electron chi connectivity index (χ0n) is 9.59. The largest absolute Gasteiger partial charge is 0.462 e. The predicted octanol–water partition coefficient (Wildman–Crippen LogP) is 3.10. The number of allylic oxidation sites excluding steroid dienone is 1. The highest BCUT2D eigenvalue weighted by Crippen LogP contribution is 2.12. The highest BCUT2D eigenvalue weighted by molar-refractivity contribution is 5.92. The van der Waals surface area contributed by atoms with Crippen molar-refractivity contribution in [2.24, 2.45) is 5.92 Å². The number of carbonyl (C=O) groups is 1. The Kier molecular flexibility index (Phi) is 5.93. The Bertz CT molecular complexity index is 237. The summed E-state index contributed by atoms with van der Waals surface area (Å²) in [6, 6.07) is 0. The molecule has 0 aliphatic carbocycles. The summed E-state index contributed by atoms with van der Waals surface area (Å²) in [6.45, 7) is 12.0. The van der Waals surface area contributed by atoms with E-state index < -0.39 is 0 Å². The Labute approximate surface area is 86.6 Å². The third-order valence-corrected chi connectivity index (χ3v) is 1.75. The second-order valence-corrected chi connectivity index (χ2v) is 3.75. The van der Waals surface area contributed by atoms with E-state index in [1.165, 1.54) is 0 Å². The van der Waals surface area contributed by atoms with Crippen molar-refractivity contribution >= 4 is 5.97 Å². The van der Waals surface area contributed by atoms with Crippen LogP contribution in [0.4, 0.5) is 0 Å². The molecule has 0 atom stereocenters. The van der Waals surface area contributed by atoms with Crippen LogP contribution in [0.5, 0.6) is 0 Å². The molecule has 0 aliphatic heterocycles. The van der Waals surface area contributed by atoms with Gasteiger partial charge in [-0.1, -0.05) is 26.5 Å². The van der Waals surface area contributed by atoms with E-state index in [0.29, 0.717) is 18.1 Å². The van der Waals surface area contributed by atoms with Crippen LogP contribution in [0.1, 0.15) is 34.1 Å². The third kappa shape index (κ3) is 4.85. The molecule has 80 valence electrons. The fourth-order valence-electron chi connectivity index (χ4n) is 0.994. The van der Waals surface area contributed by atoms with Crippen molar-refractivity contribution in [3.05, 3.63) is 23.8 Å². The molecule has 0 fully saturated rings. The number of carbonyl (C=O) groups excluding carboxylic acids is 1. The predicted molar refractivity (Wildman–Crippen MR) is 59.0 cm³/mol. The summed E-state index contributed by atoms with van der Waals surface area (Å²) in [5.41, 5.74) is 1.38. The Morgan fingerprint density at radius 1 is 1.50 bits per heavy atom. The normalized spacial score (nSPS) is 11.6. The highest BCUT2D eigenvalue weighted by Gasteiger charge is 2.10. The van der Waals surface area contributed by atoms with Gasteiger partial charge in [-0.3, -0.25) is 0 Å². The molecule has 0 aromatic heterocycles. The van der Waals surface area contributed by atoms with Gasteiger partial charge in [-0.2, -0.15) is 0 Å². The van der Waals surface area contributed by atoms with Gasteiger partial charge in [-0.15, -0.1) is 0 Å². The first-order valence-electron chi connectivity index (χ1n) is 5.02. The van der Waals surface area contributed by atoms with Crippen LogP contribution in [-0.4, -0.2) is 12.6 Å². The molecule has 0 spiro atoms. The maximum absolute atomic E-state index is 11.4. The Balaban J connectivity index is 4.51. The van der Waals surface area contributed by atoms with E-state index in [0.717, 1.165) is 12.0 Å². The van der Waals surface area contributed by atoms with Crippen LogP contribution in [0, 0.1) is 5.92 Å². The molecule has 0 radical (unpaired) electrons.